The normalized spacial score (nSPS) is 11.8. The number of halogens is 4. The van der Waals surface area contributed by atoms with E-state index in [-0.39, 0.29) is 11.3 Å². The molecule has 0 atom stereocenters. The molecular formula is C8H7BrF3NO. The highest BCUT2D eigenvalue weighted by Gasteiger charge is 2.31. The molecule has 0 unspecified atom stereocenters. The van der Waals surface area contributed by atoms with Gasteiger partial charge in [0.15, 0.2) is 0 Å². The van der Waals surface area contributed by atoms with Crippen LogP contribution in [0.5, 0.6) is 0 Å². The smallest absolute Gasteiger partial charge is 0.398 e. The maximum atomic E-state index is 12.3. The molecule has 0 aliphatic carbocycles. The van der Waals surface area contributed by atoms with Gasteiger partial charge in [-0.15, -0.1) is 0 Å². The zero-order valence-corrected chi connectivity index (χ0v) is 8.48. The van der Waals surface area contributed by atoms with Gasteiger partial charge in [-0.1, -0.05) is 0 Å². The van der Waals surface area contributed by atoms with Crippen LogP contribution in [0.3, 0.4) is 0 Å². The number of hydrogen-bond donors (Lipinski definition) is 2. The van der Waals surface area contributed by atoms with Gasteiger partial charge < -0.3 is 10.8 Å². The average molecular weight is 270 g/mol. The topological polar surface area (TPSA) is 46.2 Å². The highest BCUT2D eigenvalue weighted by Crippen LogP contribution is 2.35. The zero-order valence-electron chi connectivity index (χ0n) is 6.90. The Balaban J connectivity index is 3.30. The molecule has 2 nitrogen and oxygen atoms in total. The molecule has 0 aliphatic heterocycles. The summed E-state index contributed by atoms with van der Waals surface area (Å²) >= 11 is 2.99. The van der Waals surface area contributed by atoms with Crippen molar-refractivity contribution >= 4 is 21.6 Å². The molecule has 0 bridgehead atoms. The maximum Gasteiger partial charge on any atom is 0.416 e. The Bertz CT molecular complexity index is 351. The highest BCUT2D eigenvalue weighted by atomic mass is 79.9. The first-order valence-electron chi connectivity index (χ1n) is 3.62. The molecule has 0 saturated heterocycles. The number of nitrogen functional groups attached to an aromatic ring is 1. The van der Waals surface area contributed by atoms with Crippen molar-refractivity contribution in [3.05, 3.63) is 27.7 Å². The van der Waals surface area contributed by atoms with E-state index in [9.17, 15) is 13.2 Å². The lowest BCUT2D eigenvalue weighted by Gasteiger charge is -2.11. The van der Waals surface area contributed by atoms with Crippen LogP contribution in [0.4, 0.5) is 18.9 Å². The minimum absolute atomic E-state index is 0.0381. The van der Waals surface area contributed by atoms with E-state index in [1.54, 1.807) is 0 Å². The number of aliphatic hydroxyl groups excluding tert-OH is 1. The summed E-state index contributed by atoms with van der Waals surface area (Å²) in [4.78, 5) is 0. The Kier molecular flexibility index (Phi) is 3.06. The van der Waals surface area contributed by atoms with Crippen LogP contribution in [-0.4, -0.2) is 5.11 Å². The van der Waals surface area contributed by atoms with Crippen LogP contribution in [0.2, 0.25) is 0 Å². The summed E-state index contributed by atoms with van der Waals surface area (Å²) in [6.45, 7) is -0.491. The van der Waals surface area contributed by atoms with Crippen molar-refractivity contribution in [3.63, 3.8) is 0 Å². The molecule has 1 aromatic carbocycles. The number of alkyl halides is 3. The minimum Gasteiger partial charge on any atom is -0.398 e. The van der Waals surface area contributed by atoms with E-state index in [1.165, 1.54) is 0 Å². The molecule has 6 heteroatoms. The van der Waals surface area contributed by atoms with Gasteiger partial charge in [0.05, 0.1) is 12.2 Å². The summed E-state index contributed by atoms with van der Waals surface area (Å²) in [7, 11) is 0. The third-order valence-electron chi connectivity index (χ3n) is 1.67. The van der Waals surface area contributed by atoms with Crippen molar-refractivity contribution in [2.24, 2.45) is 0 Å². The molecule has 0 spiro atoms. The third kappa shape index (κ3) is 2.19. The van der Waals surface area contributed by atoms with Crippen LogP contribution in [0, 0.1) is 0 Å². The summed E-state index contributed by atoms with van der Waals surface area (Å²) < 4.78 is 37.1. The largest absolute Gasteiger partial charge is 0.416 e. The summed E-state index contributed by atoms with van der Waals surface area (Å²) in [5, 5.41) is 8.78. The molecule has 0 radical (unpaired) electrons. The molecule has 0 fully saturated rings. The second-order valence-corrected chi connectivity index (χ2v) is 3.49. The molecule has 78 valence electrons. The standard InChI is InChI=1S/C8H7BrF3NO/c9-7-4(3-14)1-5(2-6(7)13)8(10,11)12/h1-2,14H,3,13H2. The van der Waals surface area contributed by atoms with Crippen LogP contribution < -0.4 is 5.73 Å². The van der Waals surface area contributed by atoms with Crippen molar-refractivity contribution in [1.82, 2.24) is 0 Å². The molecule has 0 aromatic heterocycles. The van der Waals surface area contributed by atoms with Gasteiger partial charge in [-0.2, -0.15) is 13.2 Å². The van der Waals surface area contributed by atoms with E-state index < -0.39 is 18.3 Å². The minimum atomic E-state index is -4.45. The van der Waals surface area contributed by atoms with Crippen molar-refractivity contribution in [2.45, 2.75) is 12.8 Å². The fourth-order valence-corrected chi connectivity index (χ4v) is 1.34. The van der Waals surface area contributed by atoms with Gasteiger partial charge in [0.25, 0.3) is 0 Å². The molecular weight excluding hydrogens is 263 g/mol. The molecule has 0 amide bonds. The third-order valence-corrected chi connectivity index (χ3v) is 2.64. The first kappa shape index (κ1) is 11.3. The van der Waals surface area contributed by atoms with Crippen LogP contribution in [-0.2, 0) is 12.8 Å². The van der Waals surface area contributed by atoms with E-state index in [2.05, 4.69) is 15.9 Å². The maximum absolute atomic E-state index is 12.3. The van der Waals surface area contributed by atoms with Gasteiger partial charge in [0.2, 0.25) is 0 Å². The van der Waals surface area contributed by atoms with Crippen LogP contribution in [0.1, 0.15) is 11.1 Å². The molecule has 3 N–H and O–H groups in total. The van der Waals surface area contributed by atoms with E-state index in [0.29, 0.717) is 4.47 Å². The SMILES string of the molecule is Nc1cc(C(F)(F)F)cc(CO)c1Br. The average Bonchev–Trinajstić information content (AvgIpc) is 2.07. The predicted molar refractivity (Wildman–Crippen MR) is 49.5 cm³/mol. The summed E-state index contributed by atoms with van der Waals surface area (Å²) in [5.41, 5.74) is 4.56. The lowest BCUT2D eigenvalue weighted by atomic mass is 10.1. The molecule has 0 heterocycles. The fourth-order valence-electron chi connectivity index (χ4n) is 0.988. The quantitative estimate of drug-likeness (QED) is 0.770. The number of hydrogen-bond acceptors (Lipinski definition) is 2. The van der Waals surface area contributed by atoms with Crippen molar-refractivity contribution < 1.29 is 18.3 Å². The molecule has 1 rings (SSSR count). The van der Waals surface area contributed by atoms with Gasteiger partial charge in [-0.3, -0.25) is 0 Å². The van der Waals surface area contributed by atoms with Crippen molar-refractivity contribution in [1.29, 1.82) is 0 Å². The van der Waals surface area contributed by atoms with Crippen LogP contribution >= 0.6 is 15.9 Å². The lowest BCUT2D eigenvalue weighted by molar-refractivity contribution is -0.137. The van der Waals surface area contributed by atoms with Gasteiger partial charge in [-0.25, -0.2) is 0 Å². The Morgan fingerprint density at radius 3 is 2.36 bits per heavy atom. The molecule has 1 aromatic rings. The van der Waals surface area contributed by atoms with E-state index >= 15 is 0 Å². The van der Waals surface area contributed by atoms with Crippen molar-refractivity contribution in [3.8, 4) is 0 Å². The number of benzene rings is 1. The zero-order chi connectivity index (χ0) is 10.9. The molecule has 14 heavy (non-hydrogen) atoms. The Labute approximate surface area is 86.7 Å². The predicted octanol–water partition coefficient (Wildman–Crippen LogP) is 2.54. The molecule has 0 saturated carbocycles. The van der Waals surface area contributed by atoms with Gasteiger partial charge in [0, 0.05) is 10.2 Å². The summed E-state index contributed by atoms with van der Waals surface area (Å²) in [5.74, 6) is 0. The van der Waals surface area contributed by atoms with Crippen LogP contribution in [0.15, 0.2) is 16.6 Å². The van der Waals surface area contributed by atoms with Gasteiger partial charge in [-0.05, 0) is 33.6 Å². The first-order chi connectivity index (χ1) is 6.36. The van der Waals surface area contributed by atoms with Crippen LogP contribution in [0.25, 0.3) is 0 Å². The monoisotopic (exact) mass is 269 g/mol. The summed E-state index contributed by atoms with van der Waals surface area (Å²) in [6, 6.07) is 1.68. The van der Waals surface area contributed by atoms with E-state index in [1.807, 2.05) is 0 Å². The number of nitrogens with two attached hydrogens (primary N) is 1. The van der Waals surface area contributed by atoms with Crippen molar-refractivity contribution in [2.75, 3.05) is 5.73 Å². The highest BCUT2D eigenvalue weighted by molar-refractivity contribution is 9.10. The second kappa shape index (κ2) is 3.78. The van der Waals surface area contributed by atoms with Gasteiger partial charge in [0.1, 0.15) is 0 Å². The van der Waals surface area contributed by atoms with Gasteiger partial charge >= 0.3 is 6.18 Å². The lowest BCUT2D eigenvalue weighted by Crippen LogP contribution is -2.07. The summed E-state index contributed by atoms with van der Waals surface area (Å²) in [6.07, 6.45) is -4.45. The van der Waals surface area contributed by atoms with E-state index in [4.69, 9.17) is 10.8 Å². The Morgan fingerprint density at radius 2 is 1.93 bits per heavy atom. The van der Waals surface area contributed by atoms with E-state index in [0.717, 1.165) is 12.1 Å². The fraction of sp³-hybridized carbons (Fsp3) is 0.250. The molecule has 0 aliphatic rings. The second-order valence-electron chi connectivity index (χ2n) is 2.69. The Hall–Kier alpha value is -0.750. The first-order valence-corrected chi connectivity index (χ1v) is 4.41. The number of rotatable bonds is 1. The Morgan fingerprint density at radius 1 is 1.36 bits per heavy atom. The number of aliphatic hydroxyl groups is 1. The number of anilines is 1.